The van der Waals surface area contributed by atoms with E-state index in [1.54, 1.807) is 0 Å². The van der Waals surface area contributed by atoms with Crippen molar-refractivity contribution in [3.63, 3.8) is 0 Å². The highest BCUT2D eigenvalue weighted by atomic mass is 16.5. The van der Waals surface area contributed by atoms with E-state index in [0.717, 1.165) is 19.1 Å². The first-order valence-corrected chi connectivity index (χ1v) is 3.56. The van der Waals surface area contributed by atoms with Crippen molar-refractivity contribution in [3.8, 4) is 0 Å². The normalized spacial score (nSPS) is 48.3. The molecule has 1 saturated heterocycles. The van der Waals surface area contributed by atoms with Crippen LogP contribution in [0.1, 0.15) is 12.8 Å². The average molecular weight is 128 g/mol. The number of hydrogen-bond acceptors (Lipinski definition) is 2. The zero-order chi connectivity index (χ0) is 6.32. The summed E-state index contributed by atoms with van der Waals surface area (Å²) >= 11 is 0. The molecule has 2 nitrogen and oxygen atoms in total. The van der Waals surface area contributed by atoms with E-state index in [4.69, 9.17) is 9.84 Å². The van der Waals surface area contributed by atoms with Crippen LogP contribution in [0.25, 0.3) is 0 Å². The minimum Gasteiger partial charge on any atom is -0.396 e. The van der Waals surface area contributed by atoms with E-state index < -0.39 is 0 Å². The van der Waals surface area contributed by atoms with Crippen LogP contribution >= 0.6 is 0 Å². The third-order valence-corrected chi connectivity index (χ3v) is 2.67. The van der Waals surface area contributed by atoms with Crippen LogP contribution in [0.3, 0.4) is 0 Å². The van der Waals surface area contributed by atoms with E-state index in [2.05, 4.69) is 0 Å². The maximum atomic E-state index is 8.91. The maximum Gasteiger partial charge on any atom is 0.0547 e. The van der Waals surface area contributed by atoms with Gasteiger partial charge < -0.3 is 9.84 Å². The molecule has 0 radical (unpaired) electrons. The van der Waals surface area contributed by atoms with Crippen molar-refractivity contribution in [1.82, 2.24) is 0 Å². The molecule has 52 valence electrons. The van der Waals surface area contributed by atoms with Crippen molar-refractivity contribution in [3.05, 3.63) is 0 Å². The molecule has 1 saturated carbocycles. The molecule has 1 N–H and O–H groups in total. The molecule has 1 aliphatic carbocycles. The predicted octanol–water partition coefficient (Wildman–Crippen LogP) is 0.405. The van der Waals surface area contributed by atoms with Gasteiger partial charge in [0.1, 0.15) is 0 Å². The lowest BCUT2D eigenvalue weighted by Gasteiger charge is -2.19. The highest BCUT2D eigenvalue weighted by molar-refractivity contribution is 5.03. The summed E-state index contributed by atoms with van der Waals surface area (Å²) in [5.41, 5.74) is 0.220. The summed E-state index contributed by atoms with van der Waals surface area (Å²) in [5.74, 6) is 0.788. The molecular weight excluding hydrogens is 116 g/mol. The van der Waals surface area contributed by atoms with Crippen molar-refractivity contribution in [2.24, 2.45) is 11.3 Å². The molecule has 9 heavy (non-hydrogen) atoms. The molecule has 2 unspecified atom stereocenters. The second kappa shape index (κ2) is 1.70. The molecule has 0 aromatic carbocycles. The number of aliphatic hydroxyl groups is 1. The Bertz CT molecular complexity index is 124. The van der Waals surface area contributed by atoms with Crippen LogP contribution in [0, 0.1) is 11.3 Å². The van der Waals surface area contributed by atoms with E-state index in [-0.39, 0.29) is 5.41 Å². The Balaban J connectivity index is 2.01. The zero-order valence-electron chi connectivity index (χ0n) is 5.47. The number of rotatable bonds is 1. The molecule has 0 amide bonds. The lowest BCUT2D eigenvalue weighted by atomic mass is 10.0. The van der Waals surface area contributed by atoms with Gasteiger partial charge in [0.15, 0.2) is 0 Å². The molecule has 0 aromatic heterocycles. The first-order valence-electron chi connectivity index (χ1n) is 3.56. The number of fused-ring (bicyclic) bond motifs is 1. The van der Waals surface area contributed by atoms with Crippen LogP contribution in [0.5, 0.6) is 0 Å². The Hall–Kier alpha value is -0.0800. The van der Waals surface area contributed by atoms with Crippen LogP contribution in [-0.4, -0.2) is 24.9 Å². The quantitative estimate of drug-likeness (QED) is 0.554. The minimum atomic E-state index is 0.220. The number of hydrogen-bond donors (Lipinski definition) is 1. The van der Waals surface area contributed by atoms with Gasteiger partial charge in [0.2, 0.25) is 0 Å². The summed E-state index contributed by atoms with van der Waals surface area (Å²) in [5, 5.41) is 8.91. The highest BCUT2D eigenvalue weighted by Gasteiger charge is 2.55. The van der Waals surface area contributed by atoms with Crippen molar-refractivity contribution in [1.29, 1.82) is 0 Å². The Labute approximate surface area is 54.8 Å². The Morgan fingerprint density at radius 1 is 1.67 bits per heavy atom. The van der Waals surface area contributed by atoms with Gasteiger partial charge in [-0.25, -0.2) is 0 Å². The van der Waals surface area contributed by atoms with E-state index in [1.165, 1.54) is 12.8 Å². The van der Waals surface area contributed by atoms with Gasteiger partial charge >= 0.3 is 0 Å². The molecule has 0 bridgehead atoms. The van der Waals surface area contributed by atoms with Crippen LogP contribution in [0.2, 0.25) is 0 Å². The van der Waals surface area contributed by atoms with Gasteiger partial charge in [-0.2, -0.15) is 0 Å². The Kier molecular flexibility index (Phi) is 1.08. The van der Waals surface area contributed by atoms with Crippen LogP contribution in [-0.2, 0) is 4.74 Å². The largest absolute Gasteiger partial charge is 0.396 e. The summed E-state index contributed by atoms with van der Waals surface area (Å²) < 4.78 is 5.26. The van der Waals surface area contributed by atoms with Crippen LogP contribution in [0.4, 0.5) is 0 Å². The second-order valence-corrected chi connectivity index (χ2v) is 3.26. The van der Waals surface area contributed by atoms with E-state index in [9.17, 15) is 0 Å². The zero-order valence-corrected chi connectivity index (χ0v) is 5.47. The molecule has 0 aromatic rings. The lowest BCUT2D eigenvalue weighted by Crippen LogP contribution is -2.23. The summed E-state index contributed by atoms with van der Waals surface area (Å²) in [6.07, 6.45) is 2.37. The first kappa shape index (κ1) is 5.69. The first-order chi connectivity index (χ1) is 4.37. The van der Waals surface area contributed by atoms with E-state index in [1.807, 2.05) is 0 Å². The summed E-state index contributed by atoms with van der Waals surface area (Å²) in [7, 11) is 0. The molecule has 2 aliphatic rings. The molecule has 1 aliphatic heterocycles. The average Bonchev–Trinajstić information content (AvgIpc) is 2.62. The predicted molar refractivity (Wildman–Crippen MR) is 33.1 cm³/mol. The van der Waals surface area contributed by atoms with Gasteiger partial charge in [0.05, 0.1) is 13.2 Å². The maximum absolute atomic E-state index is 8.91. The molecule has 2 heteroatoms. The third-order valence-electron chi connectivity index (χ3n) is 2.67. The monoisotopic (exact) mass is 128 g/mol. The SMILES string of the molecule is OCC12COCCC1C2. The molecule has 1 heterocycles. The van der Waals surface area contributed by atoms with Gasteiger partial charge in [0, 0.05) is 12.0 Å². The van der Waals surface area contributed by atoms with Gasteiger partial charge in [-0.15, -0.1) is 0 Å². The molecular formula is C7H12O2. The van der Waals surface area contributed by atoms with E-state index >= 15 is 0 Å². The van der Waals surface area contributed by atoms with Gasteiger partial charge in [-0.1, -0.05) is 0 Å². The molecule has 0 spiro atoms. The molecule has 2 atom stereocenters. The van der Waals surface area contributed by atoms with Crippen LogP contribution in [0.15, 0.2) is 0 Å². The van der Waals surface area contributed by atoms with Crippen molar-refractivity contribution >= 4 is 0 Å². The topological polar surface area (TPSA) is 29.5 Å². The van der Waals surface area contributed by atoms with Crippen molar-refractivity contribution in [2.45, 2.75) is 12.8 Å². The van der Waals surface area contributed by atoms with Gasteiger partial charge in [0.25, 0.3) is 0 Å². The van der Waals surface area contributed by atoms with Crippen molar-refractivity contribution < 1.29 is 9.84 Å². The summed E-state index contributed by atoms with van der Waals surface area (Å²) in [6, 6.07) is 0. The fourth-order valence-corrected chi connectivity index (χ4v) is 1.76. The molecule has 2 fully saturated rings. The Morgan fingerprint density at radius 3 is 3.11 bits per heavy atom. The second-order valence-electron chi connectivity index (χ2n) is 3.26. The van der Waals surface area contributed by atoms with Crippen LogP contribution < -0.4 is 0 Å². The fourth-order valence-electron chi connectivity index (χ4n) is 1.76. The lowest BCUT2D eigenvalue weighted by molar-refractivity contribution is 0.0199. The molecule has 2 rings (SSSR count). The van der Waals surface area contributed by atoms with E-state index in [0.29, 0.717) is 6.61 Å². The smallest absolute Gasteiger partial charge is 0.0547 e. The Morgan fingerprint density at radius 2 is 2.56 bits per heavy atom. The third kappa shape index (κ3) is 0.700. The minimum absolute atomic E-state index is 0.220. The summed E-state index contributed by atoms with van der Waals surface area (Å²) in [6.45, 7) is 2.04. The number of aliphatic hydroxyl groups excluding tert-OH is 1. The number of ether oxygens (including phenoxy) is 1. The van der Waals surface area contributed by atoms with Gasteiger partial charge in [-0.3, -0.25) is 0 Å². The fraction of sp³-hybridized carbons (Fsp3) is 1.00. The summed E-state index contributed by atoms with van der Waals surface area (Å²) in [4.78, 5) is 0. The highest BCUT2D eigenvalue weighted by Crippen LogP contribution is 2.56. The standard InChI is InChI=1S/C7H12O2/c8-4-7-3-6(7)1-2-9-5-7/h6,8H,1-5H2. The van der Waals surface area contributed by atoms with Crippen molar-refractivity contribution in [2.75, 3.05) is 19.8 Å². The van der Waals surface area contributed by atoms with Gasteiger partial charge in [-0.05, 0) is 18.8 Å².